The predicted molar refractivity (Wildman–Crippen MR) is 76.2 cm³/mol. The molecule has 0 heterocycles. The normalized spacial score (nSPS) is 11.3. The second-order valence-corrected chi connectivity index (χ2v) is 4.33. The molecule has 0 fully saturated rings. The summed E-state index contributed by atoms with van der Waals surface area (Å²) in [5.74, 6) is -0.766. The summed E-state index contributed by atoms with van der Waals surface area (Å²) < 4.78 is 17.5. The lowest BCUT2D eigenvalue weighted by Gasteiger charge is -2.13. The van der Waals surface area contributed by atoms with Gasteiger partial charge in [-0.3, -0.25) is 0 Å². The molecule has 2 aromatic carbocycles. The van der Waals surface area contributed by atoms with Gasteiger partial charge in [-0.1, -0.05) is 12.1 Å². The highest BCUT2D eigenvalue weighted by Crippen LogP contribution is 2.20. The average Bonchev–Trinajstić information content (AvgIpc) is 2.54. The lowest BCUT2D eigenvalue weighted by atomic mass is 10.1. The van der Waals surface area contributed by atoms with Gasteiger partial charge < -0.3 is 10.1 Å². The monoisotopic (exact) mass is 284 g/mol. The molecule has 0 aliphatic rings. The molecule has 0 spiro atoms. The molecule has 0 aliphatic heterocycles. The van der Waals surface area contributed by atoms with Crippen LogP contribution in [0.4, 0.5) is 10.1 Å². The number of carbonyl (C=O) groups excluding carboxylic acids is 1. The van der Waals surface area contributed by atoms with E-state index in [1.807, 2.05) is 0 Å². The summed E-state index contributed by atoms with van der Waals surface area (Å²) in [7, 11) is 1.31. The van der Waals surface area contributed by atoms with E-state index in [1.54, 1.807) is 36.4 Å². The molecule has 2 aromatic rings. The molecule has 0 amide bonds. The molecule has 0 bridgehead atoms. The summed E-state index contributed by atoms with van der Waals surface area (Å²) >= 11 is 0. The van der Waals surface area contributed by atoms with E-state index in [9.17, 15) is 14.4 Å². The number of esters is 1. The molecule has 106 valence electrons. The zero-order valence-electron chi connectivity index (χ0n) is 11.3. The van der Waals surface area contributed by atoms with Crippen molar-refractivity contribution in [3.63, 3.8) is 0 Å². The Morgan fingerprint density at radius 3 is 2.33 bits per heavy atom. The number of rotatable bonds is 4. The number of benzene rings is 2. The number of nitrogens with one attached hydrogen (secondary N) is 1. The van der Waals surface area contributed by atoms with Crippen molar-refractivity contribution in [2.75, 3.05) is 12.4 Å². The van der Waals surface area contributed by atoms with Gasteiger partial charge in [0, 0.05) is 5.69 Å². The van der Waals surface area contributed by atoms with Gasteiger partial charge in [-0.15, -0.1) is 0 Å². The van der Waals surface area contributed by atoms with Crippen LogP contribution in [0.25, 0.3) is 0 Å². The molecule has 21 heavy (non-hydrogen) atoms. The summed E-state index contributed by atoms with van der Waals surface area (Å²) in [6.07, 6.45) is 0. The minimum atomic E-state index is -0.595. The Morgan fingerprint density at radius 2 is 1.81 bits per heavy atom. The maximum atomic E-state index is 12.8. The van der Waals surface area contributed by atoms with Crippen LogP contribution in [0.15, 0.2) is 48.5 Å². The van der Waals surface area contributed by atoms with Crippen LogP contribution in [-0.2, 0) is 4.74 Å². The highest BCUT2D eigenvalue weighted by molar-refractivity contribution is 5.89. The number of hydrogen-bond donors (Lipinski definition) is 1. The van der Waals surface area contributed by atoms with E-state index in [4.69, 9.17) is 0 Å². The fourth-order valence-corrected chi connectivity index (χ4v) is 1.83. The molecule has 0 saturated carbocycles. The zero-order valence-corrected chi connectivity index (χ0v) is 11.3. The highest BCUT2D eigenvalue weighted by atomic mass is 19.1. The molecule has 0 radical (unpaired) electrons. The number of nitriles is 1. The highest BCUT2D eigenvalue weighted by Gasteiger charge is 2.12. The third-order valence-electron chi connectivity index (χ3n) is 2.95. The van der Waals surface area contributed by atoms with Crippen molar-refractivity contribution in [2.45, 2.75) is 6.04 Å². The van der Waals surface area contributed by atoms with Crippen LogP contribution in [0.5, 0.6) is 0 Å². The van der Waals surface area contributed by atoms with Gasteiger partial charge in [0.1, 0.15) is 11.9 Å². The van der Waals surface area contributed by atoms with E-state index in [-0.39, 0.29) is 5.82 Å². The van der Waals surface area contributed by atoms with Gasteiger partial charge in [0.2, 0.25) is 0 Å². The zero-order chi connectivity index (χ0) is 15.2. The van der Waals surface area contributed by atoms with Gasteiger partial charge in [-0.05, 0) is 42.0 Å². The molecule has 1 atom stereocenters. The number of methoxy groups -OCH3 is 1. The second kappa shape index (κ2) is 6.53. The van der Waals surface area contributed by atoms with Gasteiger partial charge in [0.25, 0.3) is 0 Å². The first-order chi connectivity index (χ1) is 10.1. The van der Waals surface area contributed by atoms with E-state index in [1.165, 1.54) is 19.2 Å². The smallest absolute Gasteiger partial charge is 0.337 e. The SMILES string of the molecule is COC(=O)c1ccc(C(C#N)Nc2ccc(F)cc2)cc1. The maximum absolute atomic E-state index is 12.8. The molecule has 1 unspecified atom stereocenters. The van der Waals surface area contributed by atoms with E-state index < -0.39 is 12.0 Å². The first-order valence-electron chi connectivity index (χ1n) is 6.24. The molecule has 0 saturated heterocycles. The molecule has 2 rings (SSSR count). The van der Waals surface area contributed by atoms with Gasteiger partial charge in [-0.2, -0.15) is 5.26 Å². The fraction of sp³-hybridized carbons (Fsp3) is 0.125. The third-order valence-corrected chi connectivity index (χ3v) is 2.95. The molecule has 4 nitrogen and oxygen atoms in total. The van der Waals surface area contributed by atoms with Crippen LogP contribution >= 0.6 is 0 Å². The van der Waals surface area contributed by atoms with Crippen LogP contribution in [0, 0.1) is 17.1 Å². The summed E-state index contributed by atoms with van der Waals surface area (Å²) in [6.45, 7) is 0. The van der Waals surface area contributed by atoms with Crippen LogP contribution in [0.3, 0.4) is 0 Å². The molecule has 5 heteroatoms. The summed E-state index contributed by atoms with van der Waals surface area (Å²) in [5.41, 5.74) is 1.76. The minimum Gasteiger partial charge on any atom is -0.465 e. The third kappa shape index (κ3) is 3.57. The largest absolute Gasteiger partial charge is 0.465 e. The van der Waals surface area contributed by atoms with Crippen molar-refractivity contribution in [1.29, 1.82) is 5.26 Å². The van der Waals surface area contributed by atoms with Crippen molar-refractivity contribution in [3.05, 3.63) is 65.5 Å². The van der Waals surface area contributed by atoms with Gasteiger partial charge in [0.05, 0.1) is 18.7 Å². The van der Waals surface area contributed by atoms with E-state index in [0.29, 0.717) is 16.8 Å². The topological polar surface area (TPSA) is 62.1 Å². The van der Waals surface area contributed by atoms with E-state index in [0.717, 1.165) is 0 Å². The van der Waals surface area contributed by atoms with Crippen LogP contribution < -0.4 is 5.32 Å². The molecular weight excluding hydrogens is 271 g/mol. The first kappa shape index (κ1) is 14.5. The Bertz CT molecular complexity index is 660. The number of hydrogen-bond acceptors (Lipinski definition) is 4. The first-order valence-corrected chi connectivity index (χ1v) is 6.24. The Balaban J connectivity index is 2.16. The van der Waals surface area contributed by atoms with Crippen molar-refractivity contribution in [1.82, 2.24) is 0 Å². The Labute approximate surface area is 121 Å². The van der Waals surface area contributed by atoms with E-state index in [2.05, 4.69) is 16.1 Å². The van der Waals surface area contributed by atoms with Gasteiger partial charge >= 0.3 is 5.97 Å². The number of halogens is 1. The number of ether oxygens (including phenoxy) is 1. The Hall–Kier alpha value is -2.87. The quantitative estimate of drug-likeness (QED) is 0.875. The predicted octanol–water partition coefficient (Wildman–Crippen LogP) is 3.29. The van der Waals surface area contributed by atoms with Crippen LogP contribution in [0.1, 0.15) is 22.0 Å². The molecule has 0 aliphatic carbocycles. The lowest BCUT2D eigenvalue weighted by molar-refractivity contribution is 0.0600. The maximum Gasteiger partial charge on any atom is 0.337 e. The number of carbonyl (C=O) groups is 1. The van der Waals surface area contributed by atoms with Crippen molar-refractivity contribution in [2.24, 2.45) is 0 Å². The summed E-state index contributed by atoms with van der Waals surface area (Å²) in [4.78, 5) is 11.3. The standard InChI is InChI=1S/C16H13FN2O2/c1-21-16(20)12-4-2-11(3-5-12)15(10-18)19-14-8-6-13(17)7-9-14/h2-9,15,19H,1H3. The Kier molecular flexibility index (Phi) is 4.52. The molecule has 1 N–H and O–H groups in total. The van der Waals surface area contributed by atoms with Gasteiger partial charge in [0.15, 0.2) is 0 Å². The second-order valence-electron chi connectivity index (χ2n) is 4.33. The van der Waals surface area contributed by atoms with Gasteiger partial charge in [-0.25, -0.2) is 9.18 Å². The lowest BCUT2D eigenvalue weighted by Crippen LogP contribution is -2.09. The fourth-order valence-electron chi connectivity index (χ4n) is 1.83. The van der Waals surface area contributed by atoms with Crippen molar-refractivity contribution >= 4 is 11.7 Å². The van der Waals surface area contributed by atoms with Crippen LogP contribution in [0.2, 0.25) is 0 Å². The van der Waals surface area contributed by atoms with Crippen molar-refractivity contribution in [3.8, 4) is 6.07 Å². The summed E-state index contributed by atoms with van der Waals surface area (Å²) in [5, 5.41) is 12.2. The molecule has 0 aromatic heterocycles. The van der Waals surface area contributed by atoms with E-state index >= 15 is 0 Å². The van der Waals surface area contributed by atoms with Crippen molar-refractivity contribution < 1.29 is 13.9 Å². The average molecular weight is 284 g/mol. The minimum absolute atomic E-state index is 0.337. The number of nitrogens with zero attached hydrogens (tertiary/aromatic N) is 1. The summed E-state index contributed by atoms with van der Waals surface area (Å²) in [6, 6.07) is 13.8. The Morgan fingerprint density at radius 1 is 1.19 bits per heavy atom. The van der Waals surface area contributed by atoms with Crippen LogP contribution in [-0.4, -0.2) is 13.1 Å². The molecular formula is C16H13FN2O2. The number of anilines is 1.